The first-order chi connectivity index (χ1) is 8.67. The van der Waals surface area contributed by atoms with E-state index in [1.165, 1.54) is 24.0 Å². The number of aryl methyl sites for hydroxylation is 2. The fourth-order valence-electron chi connectivity index (χ4n) is 1.83. The molecule has 3 nitrogen and oxygen atoms in total. The SMILES string of the molecule is CCc1ccccc1-c1nc(C(=O)OC)c(C)s1. The highest BCUT2D eigenvalue weighted by molar-refractivity contribution is 7.15. The van der Waals surface area contributed by atoms with E-state index in [2.05, 4.69) is 18.0 Å². The molecule has 0 unspecified atom stereocenters. The summed E-state index contributed by atoms with van der Waals surface area (Å²) in [6.07, 6.45) is 0.947. The van der Waals surface area contributed by atoms with E-state index in [9.17, 15) is 4.79 Å². The maximum Gasteiger partial charge on any atom is 0.357 e. The van der Waals surface area contributed by atoms with Gasteiger partial charge in [-0.25, -0.2) is 9.78 Å². The molecule has 0 spiro atoms. The average Bonchev–Trinajstić information content (AvgIpc) is 2.79. The van der Waals surface area contributed by atoms with E-state index in [4.69, 9.17) is 4.74 Å². The number of carbonyl (C=O) groups excluding carboxylic acids is 1. The zero-order valence-electron chi connectivity index (χ0n) is 10.7. The van der Waals surface area contributed by atoms with E-state index in [1.807, 2.05) is 25.1 Å². The van der Waals surface area contributed by atoms with Gasteiger partial charge in [0.1, 0.15) is 5.01 Å². The van der Waals surface area contributed by atoms with Crippen LogP contribution < -0.4 is 0 Å². The van der Waals surface area contributed by atoms with E-state index in [0.717, 1.165) is 21.9 Å². The van der Waals surface area contributed by atoms with Crippen molar-refractivity contribution in [2.45, 2.75) is 20.3 Å². The molecule has 0 fully saturated rings. The van der Waals surface area contributed by atoms with Crippen molar-refractivity contribution < 1.29 is 9.53 Å². The van der Waals surface area contributed by atoms with Gasteiger partial charge in [-0.3, -0.25) is 0 Å². The van der Waals surface area contributed by atoms with Gasteiger partial charge in [0.2, 0.25) is 0 Å². The zero-order valence-corrected chi connectivity index (χ0v) is 11.5. The van der Waals surface area contributed by atoms with Crippen LogP contribution in [0.4, 0.5) is 0 Å². The summed E-state index contributed by atoms with van der Waals surface area (Å²) < 4.78 is 4.73. The lowest BCUT2D eigenvalue weighted by molar-refractivity contribution is 0.0594. The Morgan fingerprint density at radius 1 is 1.39 bits per heavy atom. The summed E-state index contributed by atoms with van der Waals surface area (Å²) in [6, 6.07) is 8.13. The zero-order chi connectivity index (χ0) is 13.1. The largest absolute Gasteiger partial charge is 0.464 e. The Morgan fingerprint density at radius 2 is 2.11 bits per heavy atom. The molecule has 4 heteroatoms. The lowest BCUT2D eigenvalue weighted by Gasteiger charge is -2.03. The monoisotopic (exact) mass is 261 g/mol. The van der Waals surface area contributed by atoms with Crippen molar-refractivity contribution in [3.8, 4) is 10.6 Å². The highest BCUT2D eigenvalue weighted by atomic mass is 32.1. The maximum absolute atomic E-state index is 11.6. The number of ether oxygens (including phenoxy) is 1. The van der Waals surface area contributed by atoms with Crippen LogP contribution in [0.25, 0.3) is 10.6 Å². The third-order valence-corrected chi connectivity index (χ3v) is 3.81. The van der Waals surface area contributed by atoms with Crippen molar-refractivity contribution in [2.24, 2.45) is 0 Å². The molecule has 0 saturated heterocycles. The number of thiazole rings is 1. The molecule has 0 saturated carbocycles. The van der Waals surface area contributed by atoms with Gasteiger partial charge in [0, 0.05) is 10.4 Å². The molecule has 1 aromatic carbocycles. The number of carbonyl (C=O) groups is 1. The highest BCUT2D eigenvalue weighted by Gasteiger charge is 2.17. The predicted molar refractivity (Wildman–Crippen MR) is 73.0 cm³/mol. The molecule has 18 heavy (non-hydrogen) atoms. The lowest BCUT2D eigenvalue weighted by Crippen LogP contribution is -2.03. The van der Waals surface area contributed by atoms with Crippen LogP contribution in [0.15, 0.2) is 24.3 Å². The molecule has 0 bridgehead atoms. The molecule has 0 aliphatic carbocycles. The van der Waals surface area contributed by atoms with Gasteiger partial charge in [-0.05, 0) is 18.9 Å². The Bertz CT molecular complexity index is 575. The third-order valence-electron chi connectivity index (χ3n) is 2.80. The van der Waals surface area contributed by atoms with Crippen molar-refractivity contribution in [2.75, 3.05) is 7.11 Å². The van der Waals surface area contributed by atoms with Crippen molar-refractivity contribution in [3.05, 3.63) is 40.4 Å². The van der Waals surface area contributed by atoms with Crippen molar-refractivity contribution in [1.29, 1.82) is 0 Å². The van der Waals surface area contributed by atoms with Crippen molar-refractivity contribution in [1.82, 2.24) is 4.98 Å². The summed E-state index contributed by atoms with van der Waals surface area (Å²) in [6.45, 7) is 4.00. The van der Waals surface area contributed by atoms with Gasteiger partial charge in [-0.15, -0.1) is 11.3 Å². The fraction of sp³-hybridized carbons (Fsp3) is 0.286. The second-order valence-electron chi connectivity index (χ2n) is 3.93. The Morgan fingerprint density at radius 3 is 2.78 bits per heavy atom. The van der Waals surface area contributed by atoms with Gasteiger partial charge >= 0.3 is 5.97 Å². The lowest BCUT2D eigenvalue weighted by atomic mass is 10.1. The minimum Gasteiger partial charge on any atom is -0.464 e. The fourth-order valence-corrected chi connectivity index (χ4v) is 2.80. The van der Waals surface area contributed by atoms with Crippen LogP contribution in [-0.4, -0.2) is 18.1 Å². The van der Waals surface area contributed by atoms with Gasteiger partial charge < -0.3 is 4.74 Å². The predicted octanol–water partition coefficient (Wildman–Crippen LogP) is 3.47. The summed E-state index contributed by atoms with van der Waals surface area (Å²) in [5, 5.41) is 0.880. The number of hydrogen-bond acceptors (Lipinski definition) is 4. The molecule has 0 N–H and O–H groups in total. The number of esters is 1. The van der Waals surface area contributed by atoms with Crippen molar-refractivity contribution >= 4 is 17.3 Å². The Hall–Kier alpha value is -1.68. The van der Waals surface area contributed by atoms with E-state index in [1.54, 1.807) is 0 Å². The smallest absolute Gasteiger partial charge is 0.357 e. The van der Waals surface area contributed by atoms with Crippen LogP contribution in [0.5, 0.6) is 0 Å². The highest BCUT2D eigenvalue weighted by Crippen LogP contribution is 2.30. The number of rotatable bonds is 3. The quantitative estimate of drug-likeness (QED) is 0.794. The molecular formula is C14H15NO2S. The Labute approximate surface area is 110 Å². The Balaban J connectivity index is 2.49. The number of methoxy groups -OCH3 is 1. The first-order valence-corrected chi connectivity index (χ1v) is 6.63. The number of nitrogens with zero attached hydrogens (tertiary/aromatic N) is 1. The van der Waals surface area contributed by atoms with E-state index >= 15 is 0 Å². The van der Waals surface area contributed by atoms with E-state index < -0.39 is 0 Å². The number of hydrogen-bond donors (Lipinski definition) is 0. The molecule has 1 heterocycles. The van der Waals surface area contributed by atoms with Gasteiger partial charge in [0.25, 0.3) is 0 Å². The summed E-state index contributed by atoms with van der Waals surface area (Å²) in [5.74, 6) is -0.371. The standard InChI is InChI=1S/C14H15NO2S/c1-4-10-7-5-6-8-11(10)13-15-12(9(2)18-13)14(16)17-3/h5-8H,4H2,1-3H3. The number of aromatic nitrogens is 1. The Kier molecular flexibility index (Phi) is 3.77. The molecule has 0 amide bonds. The number of benzene rings is 1. The first kappa shape index (κ1) is 12.8. The summed E-state index contributed by atoms with van der Waals surface area (Å²) >= 11 is 1.53. The molecule has 0 radical (unpaired) electrons. The van der Waals surface area contributed by atoms with E-state index in [-0.39, 0.29) is 5.97 Å². The molecule has 2 aromatic rings. The van der Waals surface area contributed by atoms with Gasteiger partial charge in [-0.1, -0.05) is 31.2 Å². The van der Waals surface area contributed by atoms with Crippen molar-refractivity contribution in [3.63, 3.8) is 0 Å². The van der Waals surface area contributed by atoms with E-state index in [0.29, 0.717) is 5.69 Å². The minimum atomic E-state index is -0.371. The van der Waals surface area contributed by atoms with Gasteiger partial charge in [0.05, 0.1) is 7.11 Å². The van der Waals surface area contributed by atoms with Gasteiger partial charge in [0.15, 0.2) is 5.69 Å². The summed E-state index contributed by atoms with van der Waals surface area (Å²) in [7, 11) is 1.38. The molecule has 94 valence electrons. The summed E-state index contributed by atoms with van der Waals surface area (Å²) in [4.78, 5) is 16.9. The minimum absolute atomic E-state index is 0.371. The van der Waals surface area contributed by atoms with Crippen LogP contribution in [0.2, 0.25) is 0 Å². The second kappa shape index (κ2) is 5.31. The molecule has 0 aliphatic rings. The molecular weight excluding hydrogens is 246 g/mol. The normalized spacial score (nSPS) is 10.4. The van der Waals surface area contributed by atoms with Crippen LogP contribution in [-0.2, 0) is 11.2 Å². The van der Waals surface area contributed by atoms with Crippen LogP contribution in [0, 0.1) is 6.92 Å². The maximum atomic E-state index is 11.6. The van der Waals surface area contributed by atoms with Crippen LogP contribution in [0.3, 0.4) is 0 Å². The third kappa shape index (κ3) is 2.29. The van der Waals surface area contributed by atoms with Gasteiger partial charge in [-0.2, -0.15) is 0 Å². The molecule has 2 rings (SSSR count). The first-order valence-electron chi connectivity index (χ1n) is 5.81. The molecule has 0 aliphatic heterocycles. The molecule has 0 atom stereocenters. The average molecular weight is 261 g/mol. The van der Waals surface area contributed by atoms with Crippen LogP contribution >= 0.6 is 11.3 Å². The topological polar surface area (TPSA) is 39.2 Å². The second-order valence-corrected chi connectivity index (χ2v) is 5.13. The van der Waals surface area contributed by atoms with Crippen LogP contribution in [0.1, 0.15) is 27.9 Å². The molecule has 1 aromatic heterocycles. The summed E-state index contributed by atoms with van der Waals surface area (Å²) in [5.41, 5.74) is 2.76.